The molecule has 1 aromatic rings. The molecule has 0 fully saturated rings. The van der Waals surface area contributed by atoms with Gasteiger partial charge in [-0.15, -0.1) is 0 Å². The first-order valence-electron chi connectivity index (χ1n) is 5.03. The van der Waals surface area contributed by atoms with Crippen LogP contribution in [0.25, 0.3) is 0 Å². The lowest BCUT2D eigenvalue weighted by Gasteiger charge is -2.14. The van der Waals surface area contributed by atoms with Crippen LogP contribution in [0, 0.1) is 17.0 Å². The molecule has 88 valence electrons. The number of aromatic nitrogens is 1. The summed E-state index contributed by atoms with van der Waals surface area (Å²) in [6.45, 7) is 3.77. The number of nitro groups is 1. The van der Waals surface area contributed by atoms with Gasteiger partial charge in [-0.1, -0.05) is 0 Å². The zero-order chi connectivity index (χ0) is 12.1. The normalized spacial score (nSPS) is 12.2. The molecule has 2 N–H and O–H groups in total. The van der Waals surface area contributed by atoms with E-state index in [1.807, 2.05) is 6.92 Å². The summed E-state index contributed by atoms with van der Waals surface area (Å²) in [5, 5.41) is 22.3. The first kappa shape index (κ1) is 12.4. The molecule has 1 unspecified atom stereocenters. The quantitative estimate of drug-likeness (QED) is 0.585. The van der Waals surface area contributed by atoms with Crippen molar-refractivity contribution >= 4 is 11.5 Å². The number of nitrogens with zero attached hydrogens (tertiary/aromatic N) is 2. The topological polar surface area (TPSA) is 88.3 Å². The lowest BCUT2D eigenvalue weighted by atomic mass is 10.2. The van der Waals surface area contributed by atoms with Crippen molar-refractivity contribution in [1.29, 1.82) is 0 Å². The molecule has 0 radical (unpaired) electrons. The van der Waals surface area contributed by atoms with E-state index < -0.39 is 4.92 Å². The van der Waals surface area contributed by atoms with Gasteiger partial charge in [-0.05, 0) is 25.8 Å². The zero-order valence-corrected chi connectivity index (χ0v) is 9.30. The summed E-state index contributed by atoms with van der Waals surface area (Å²) < 4.78 is 0. The SMILES string of the molecule is Cc1cc([N+](=O)[O-])cnc1NC(C)CCO. The number of hydrogen-bond donors (Lipinski definition) is 2. The first-order valence-corrected chi connectivity index (χ1v) is 5.03. The molecule has 0 aromatic carbocycles. The highest BCUT2D eigenvalue weighted by Gasteiger charge is 2.10. The monoisotopic (exact) mass is 225 g/mol. The number of aliphatic hydroxyl groups excluding tert-OH is 1. The van der Waals surface area contributed by atoms with E-state index in [9.17, 15) is 10.1 Å². The van der Waals surface area contributed by atoms with Gasteiger partial charge in [0.15, 0.2) is 0 Å². The van der Waals surface area contributed by atoms with Gasteiger partial charge in [0.1, 0.15) is 12.0 Å². The molecule has 0 saturated carbocycles. The van der Waals surface area contributed by atoms with Gasteiger partial charge in [0.25, 0.3) is 5.69 Å². The fourth-order valence-electron chi connectivity index (χ4n) is 1.31. The molecule has 0 amide bonds. The van der Waals surface area contributed by atoms with Crippen LogP contribution in [0.5, 0.6) is 0 Å². The van der Waals surface area contributed by atoms with E-state index in [2.05, 4.69) is 10.3 Å². The van der Waals surface area contributed by atoms with Crippen molar-refractivity contribution in [3.05, 3.63) is 27.9 Å². The summed E-state index contributed by atoms with van der Waals surface area (Å²) in [5.41, 5.74) is 0.705. The highest BCUT2D eigenvalue weighted by Crippen LogP contribution is 2.18. The maximum atomic E-state index is 10.5. The standard InChI is InChI=1S/C10H15N3O3/c1-7-5-9(13(15)16)6-11-10(7)12-8(2)3-4-14/h5-6,8,14H,3-4H2,1-2H3,(H,11,12). The van der Waals surface area contributed by atoms with Crippen LogP contribution in [0.2, 0.25) is 0 Å². The van der Waals surface area contributed by atoms with Crippen LogP contribution in [0.15, 0.2) is 12.3 Å². The van der Waals surface area contributed by atoms with Gasteiger partial charge in [0.05, 0.1) is 4.92 Å². The number of rotatable bonds is 5. The van der Waals surface area contributed by atoms with E-state index in [0.29, 0.717) is 12.2 Å². The largest absolute Gasteiger partial charge is 0.396 e. The Morgan fingerprint density at radius 1 is 1.69 bits per heavy atom. The molecule has 0 aliphatic carbocycles. The fraction of sp³-hybridized carbons (Fsp3) is 0.500. The highest BCUT2D eigenvalue weighted by atomic mass is 16.6. The summed E-state index contributed by atoms with van der Waals surface area (Å²) in [4.78, 5) is 14.0. The van der Waals surface area contributed by atoms with Crippen molar-refractivity contribution in [3.63, 3.8) is 0 Å². The second-order valence-corrected chi connectivity index (χ2v) is 3.67. The third-order valence-corrected chi connectivity index (χ3v) is 2.22. The van der Waals surface area contributed by atoms with Crippen LogP contribution in [0.1, 0.15) is 18.9 Å². The minimum absolute atomic E-state index is 0.0159. The lowest BCUT2D eigenvalue weighted by molar-refractivity contribution is -0.385. The molecule has 0 saturated heterocycles. The molecule has 0 aliphatic heterocycles. The summed E-state index contributed by atoms with van der Waals surface area (Å²) in [7, 11) is 0. The third kappa shape index (κ3) is 3.16. The van der Waals surface area contributed by atoms with Crippen LogP contribution in [-0.2, 0) is 0 Å². The van der Waals surface area contributed by atoms with Gasteiger partial charge in [0, 0.05) is 18.7 Å². The molecule has 0 aliphatic rings. The van der Waals surface area contributed by atoms with Crippen molar-refractivity contribution in [1.82, 2.24) is 4.98 Å². The van der Waals surface area contributed by atoms with Crippen molar-refractivity contribution in [2.24, 2.45) is 0 Å². The van der Waals surface area contributed by atoms with E-state index in [0.717, 1.165) is 5.56 Å². The maximum absolute atomic E-state index is 10.5. The molecule has 1 aromatic heterocycles. The maximum Gasteiger partial charge on any atom is 0.287 e. The number of pyridine rings is 1. The highest BCUT2D eigenvalue weighted by molar-refractivity contribution is 5.48. The van der Waals surface area contributed by atoms with Crippen molar-refractivity contribution in [2.75, 3.05) is 11.9 Å². The second-order valence-electron chi connectivity index (χ2n) is 3.67. The molecule has 6 nitrogen and oxygen atoms in total. The molecule has 6 heteroatoms. The number of hydrogen-bond acceptors (Lipinski definition) is 5. The molecule has 16 heavy (non-hydrogen) atoms. The molecule has 1 rings (SSSR count). The number of aryl methyl sites for hydroxylation is 1. The average Bonchev–Trinajstić information content (AvgIpc) is 2.21. The van der Waals surface area contributed by atoms with E-state index in [1.165, 1.54) is 12.3 Å². The molecule has 0 spiro atoms. The first-order chi connectivity index (χ1) is 7.54. The molecule has 0 bridgehead atoms. The Labute approximate surface area is 93.5 Å². The van der Waals surface area contributed by atoms with E-state index >= 15 is 0 Å². The summed E-state index contributed by atoms with van der Waals surface area (Å²) in [5.74, 6) is 0.617. The summed E-state index contributed by atoms with van der Waals surface area (Å²) in [6, 6.07) is 1.55. The number of aliphatic hydroxyl groups is 1. The third-order valence-electron chi connectivity index (χ3n) is 2.22. The smallest absolute Gasteiger partial charge is 0.287 e. The predicted octanol–water partition coefficient (Wildman–Crippen LogP) is 1.48. The van der Waals surface area contributed by atoms with E-state index in [1.54, 1.807) is 6.92 Å². The van der Waals surface area contributed by atoms with Crippen molar-refractivity contribution < 1.29 is 10.0 Å². The van der Waals surface area contributed by atoms with Crippen LogP contribution in [-0.4, -0.2) is 27.7 Å². The van der Waals surface area contributed by atoms with Crippen LogP contribution >= 0.6 is 0 Å². The molecular formula is C10H15N3O3. The Balaban J connectivity index is 2.79. The number of anilines is 1. The van der Waals surface area contributed by atoms with Crippen LogP contribution in [0.3, 0.4) is 0 Å². The van der Waals surface area contributed by atoms with Gasteiger partial charge in [-0.3, -0.25) is 10.1 Å². The molecule has 1 atom stereocenters. The summed E-state index contributed by atoms with van der Waals surface area (Å²) >= 11 is 0. The molecular weight excluding hydrogens is 210 g/mol. The minimum Gasteiger partial charge on any atom is -0.396 e. The van der Waals surface area contributed by atoms with Crippen LogP contribution in [0.4, 0.5) is 11.5 Å². The Morgan fingerprint density at radius 3 is 2.88 bits per heavy atom. The zero-order valence-electron chi connectivity index (χ0n) is 9.30. The summed E-state index contributed by atoms with van der Waals surface area (Å²) in [6.07, 6.45) is 1.83. The predicted molar refractivity (Wildman–Crippen MR) is 60.4 cm³/mol. The Kier molecular flexibility index (Phi) is 4.19. The van der Waals surface area contributed by atoms with Gasteiger partial charge in [-0.25, -0.2) is 4.98 Å². The van der Waals surface area contributed by atoms with Crippen LogP contribution < -0.4 is 5.32 Å². The Hall–Kier alpha value is -1.69. The van der Waals surface area contributed by atoms with E-state index in [4.69, 9.17) is 5.11 Å². The Bertz CT molecular complexity index is 382. The van der Waals surface area contributed by atoms with Gasteiger partial charge >= 0.3 is 0 Å². The molecule has 1 heterocycles. The second kappa shape index (κ2) is 5.41. The van der Waals surface area contributed by atoms with E-state index in [-0.39, 0.29) is 18.3 Å². The van der Waals surface area contributed by atoms with Crippen molar-refractivity contribution in [2.45, 2.75) is 26.3 Å². The Morgan fingerprint density at radius 2 is 2.38 bits per heavy atom. The number of nitrogens with one attached hydrogen (secondary N) is 1. The average molecular weight is 225 g/mol. The minimum atomic E-state index is -0.471. The van der Waals surface area contributed by atoms with Gasteiger partial charge in [0.2, 0.25) is 0 Å². The van der Waals surface area contributed by atoms with Gasteiger partial charge in [-0.2, -0.15) is 0 Å². The fourth-order valence-corrected chi connectivity index (χ4v) is 1.31. The van der Waals surface area contributed by atoms with Crippen molar-refractivity contribution in [3.8, 4) is 0 Å². The van der Waals surface area contributed by atoms with Gasteiger partial charge < -0.3 is 10.4 Å². The lowest BCUT2D eigenvalue weighted by Crippen LogP contribution is -2.18.